The van der Waals surface area contributed by atoms with Crippen molar-refractivity contribution in [2.24, 2.45) is 5.92 Å². The van der Waals surface area contributed by atoms with E-state index in [9.17, 15) is 13.6 Å². The van der Waals surface area contributed by atoms with Crippen molar-refractivity contribution in [3.63, 3.8) is 0 Å². The fourth-order valence-corrected chi connectivity index (χ4v) is 1.36. The van der Waals surface area contributed by atoms with Gasteiger partial charge in [-0.25, -0.2) is 8.78 Å². The summed E-state index contributed by atoms with van der Waals surface area (Å²) in [5, 5.41) is 0. The summed E-state index contributed by atoms with van der Waals surface area (Å²) in [6.07, 6.45) is 2.30. The van der Waals surface area contributed by atoms with E-state index < -0.39 is 11.6 Å². The highest BCUT2D eigenvalue weighted by atomic mass is 19.2. The highest BCUT2D eigenvalue weighted by molar-refractivity contribution is 5.97. The Morgan fingerprint density at radius 2 is 2.06 bits per heavy atom. The number of rotatable bonds is 5. The van der Waals surface area contributed by atoms with Crippen molar-refractivity contribution in [2.45, 2.75) is 12.8 Å². The highest BCUT2D eigenvalue weighted by Gasteiger charge is 2.21. The van der Waals surface area contributed by atoms with Crippen LogP contribution in [0.3, 0.4) is 0 Å². The zero-order valence-corrected chi connectivity index (χ0v) is 8.71. The molecule has 1 aliphatic rings. The van der Waals surface area contributed by atoms with E-state index in [4.69, 9.17) is 4.74 Å². The third-order valence-corrected chi connectivity index (χ3v) is 2.53. The summed E-state index contributed by atoms with van der Waals surface area (Å²) < 4.78 is 30.6. The Balaban J connectivity index is 1.88. The van der Waals surface area contributed by atoms with Gasteiger partial charge in [0.15, 0.2) is 17.4 Å². The lowest BCUT2D eigenvalue weighted by Gasteiger charge is -2.03. The zero-order valence-electron chi connectivity index (χ0n) is 8.71. The van der Waals surface area contributed by atoms with Gasteiger partial charge in [0.1, 0.15) is 6.61 Å². The predicted molar refractivity (Wildman–Crippen MR) is 54.2 cm³/mol. The van der Waals surface area contributed by atoms with Gasteiger partial charge < -0.3 is 4.74 Å². The number of ketones is 1. The Morgan fingerprint density at radius 1 is 1.31 bits per heavy atom. The maximum absolute atomic E-state index is 12.8. The van der Waals surface area contributed by atoms with Crippen molar-refractivity contribution in [1.82, 2.24) is 0 Å². The van der Waals surface area contributed by atoms with Gasteiger partial charge in [0, 0.05) is 5.56 Å². The minimum atomic E-state index is -1.01. The SMILES string of the molecule is O=C(COCC1CC1)c1ccc(F)c(F)c1. The number of hydrogen-bond donors (Lipinski definition) is 0. The summed E-state index contributed by atoms with van der Waals surface area (Å²) in [7, 11) is 0. The number of benzene rings is 1. The lowest BCUT2D eigenvalue weighted by Crippen LogP contribution is -2.11. The van der Waals surface area contributed by atoms with E-state index in [0.717, 1.165) is 25.0 Å². The van der Waals surface area contributed by atoms with Crippen LogP contribution in [-0.4, -0.2) is 19.0 Å². The molecule has 0 saturated heterocycles. The van der Waals surface area contributed by atoms with Gasteiger partial charge in [0.2, 0.25) is 0 Å². The zero-order chi connectivity index (χ0) is 11.5. The molecule has 0 unspecified atom stereocenters. The van der Waals surface area contributed by atoms with Crippen LogP contribution < -0.4 is 0 Å². The van der Waals surface area contributed by atoms with Crippen LogP contribution in [0.4, 0.5) is 8.78 Å². The smallest absolute Gasteiger partial charge is 0.188 e. The molecule has 86 valence electrons. The van der Waals surface area contributed by atoms with E-state index in [1.54, 1.807) is 0 Å². The van der Waals surface area contributed by atoms with Crippen LogP contribution in [0, 0.1) is 17.6 Å². The topological polar surface area (TPSA) is 26.3 Å². The molecule has 1 aromatic carbocycles. The molecule has 0 heterocycles. The van der Waals surface area contributed by atoms with Crippen LogP contribution >= 0.6 is 0 Å². The van der Waals surface area contributed by atoms with Crippen molar-refractivity contribution in [3.8, 4) is 0 Å². The number of carbonyl (C=O) groups excluding carboxylic acids is 1. The lowest BCUT2D eigenvalue weighted by molar-refractivity contribution is 0.0739. The van der Waals surface area contributed by atoms with Gasteiger partial charge >= 0.3 is 0 Å². The molecule has 0 atom stereocenters. The molecule has 2 nitrogen and oxygen atoms in total. The van der Waals surface area contributed by atoms with Crippen molar-refractivity contribution >= 4 is 5.78 Å². The molecule has 2 rings (SSSR count). The summed E-state index contributed by atoms with van der Waals surface area (Å²) in [5.74, 6) is -1.69. The average molecular weight is 226 g/mol. The number of carbonyl (C=O) groups is 1. The first-order valence-electron chi connectivity index (χ1n) is 5.23. The molecule has 16 heavy (non-hydrogen) atoms. The molecule has 0 amide bonds. The minimum absolute atomic E-state index is 0.0679. The molecule has 0 aliphatic heterocycles. The maximum atomic E-state index is 12.8. The van der Waals surface area contributed by atoms with Crippen molar-refractivity contribution in [2.75, 3.05) is 13.2 Å². The Morgan fingerprint density at radius 3 is 2.69 bits per heavy atom. The first kappa shape index (κ1) is 11.2. The molecule has 0 N–H and O–H groups in total. The number of ether oxygens (including phenoxy) is 1. The van der Waals surface area contributed by atoms with E-state index in [2.05, 4.69) is 0 Å². The molecule has 1 saturated carbocycles. The van der Waals surface area contributed by atoms with E-state index >= 15 is 0 Å². The molecular weight excluding hydrogens is 214 g/mol. The second kappa shape index (κ2) is 4.70. The van der Waals surface area contributed by atoms with Crippen LogP contribution in [-0.2, 0) is 4.74 Å². The van der Waals surface area contributed by atoms with Gasteiger partial charge in [-0.15, -0.1) is 0 Å². The second-order valence-corrected chi connectivity index (χ2v) is 4.01. The molecule has 0 spiro atoms. The van der Waals surface area contributed by atoms with E-state index in [0.29, 0.717) is 12.5 Å². The number of hydrogen-bond acceptors (Lipinski definition) is 2. The van der Waals surface area contributed by atoms with Gasteiger partial charge in [0.25, 0.3) is 0 Å². The van der Waals surface area contributed by atoms with Crippen LogP contribution in [0.1, 0.15) is 23.2 Å². The summed E-state index contributed by atoms with van der Waals surface area (Å²) in [6.45, 7) is 0.511. The van der Waals surface area contributed by atoms with Gasteiger partial charge in [-0.3, -0.25) is 4.79 Å². The Hall–Kier alpha value is -1.29. The van der Waals surface area contributed by atoms with Crippen LogP contribution in [0.5, 0.6) is 0 Å². The quantitative estimate of drug-likeness (QED) is 0.721. The standard InChI is InChI=1S/C12H12F2O2/c13-10-4-3-9(5-11(10)14)12(15)7-16-6-8-1-2-8/h3-5,8H,1-2,6-7H2. The third-order valence-electron chi connectivity index (χ3n) is 2.53. The fraction of sp³-hybridized carbons (Fsp3) is 0.417. The van der Waals surface area contributed by atoms with Crippen molar-refractivity contribution < 1.29 is 18.3 Å². The Kier molecular flexibility index (Phi) is 3.29. The second-order valence-electron chi connectivity index (χ2n) is 4.01. The highest BCUT2D eigenvalue weighted by Crippen LogP contribution is 2.28. The average Bonchev–Trinajstić information content (AvgIpc) is 3.06. The molecule has 0 aromatic heterocycles. The van der Waals surface area contributed by atoms with Crippen LogP contribution in [0.2, 0.25) is 0 Å². The molecule has 4 heteroatoms. The Bertz CT molecular complexity index is 400. The van der Waals surface area contributed by atoms with Gasteiger partial charge in [-0.05, 0) is 37.0 Å². The first-order valence-corrected chi connectivity index (χ1v) is 5.23. The lowest BCUT2D eigenvalue weighted by atomic mass is 10.1. The summed E-state index contributed by atoms with van der Waals surface area (Å²) >= 11 is 0. The molecule has 1 aromatic rings. The van der Waals surface area contributed by atoms with Gasteiger partial charge in [-0.1, -0.05) is 0 Å². The van der Waals surface area contributed by atoms with Crippen molar-refractivity contribution in [1.29, 1.82) is 0 Å². The van der Waals surface area contributed by atoms with Gasteiger partial charge in [0.05, 0.1) is 6.61 Å². The normalized spacial score (nSPS) is 15.1. The van der Waals surface area contributed by atoms with E-state index in [1.165, 1.54) is 6.07 Å². The fourth-order valence-electron chi connectivity index (χ4n) is 1.36. The number of Topliss-reactive ketones (excluding diaryl/α,β-unsaturated/α-hetero) is 1. The number of halogens is 2. The Labute approximate surface area is 92.2 Å². The third kappa shape index (κ3) is 2.85. The molecule has 1 aliphatic carbocycles. The predicted octanol–water partition coefficient (Wildman–Crippen LogP) is 2.57. The van der Waals surface area contributed by atoms with Crippen LogP contribution in [0.25, 0.3) is 0 Å². The monoisotopic (exact) mass is 226 g/mol. The molecule has 0 radical (unpaired) electrons. The first-order chi connectivity index (χ1) is 7.66. The molecular formula is C12H12F2O2. The van der Waals surface area contributed by atoms with Crippen molar-refractivity contribution in [3.05, 3.63) is 35.4 Å². The molecule has 0 bridgehead atoms. The summed E-state index contributed by atoms with van der Waals surface area (Å²) in [5.41, 5.74) is 0.148. The summed E-state index contributed by atoms with van der Waals surface area (Å²) in [4.78, 5) is 11.5. The summed E-state index contributed by atoms with van der Waals surface area (Å²) in [6, 6.07) is 3.11. The minimum Gasteiger partial charge on any atom is -0.373 e. The molecule has 1 fully saturated rings. The van der Waals surface area contributed by atoms with Gasteiger partial charge in [-0.2, -0.15) is 0 Å². The maximum Gasteiger partial charge on any atom is 0.188 e. The van der Waals surface area contributed by atoms with E-state index in [1.807, 2.05) is 0 Å². The van der Waals surface area contributed by atoms with Crippen LogP contribution in [0.15, 0.2) is 18.2 Å². The largest absolute Gasteiger partial charge is 0.373 e. The van der Waals surface area contributed by atoms with E-state index in [-0.39, 0.29) is 18.0 Å².